The molecule has 3 rings (SSSR count). The lowest BCUT2D eigenvalue weighted by atomic mass is 10.2. The van der Waals surface area contributed by atoms with Crippen LogP contribution in [0.1, 0.15) is 17.4 Å². The number of carbonyl (C=O) groups excluding carboxylic acids is 2. The summed E-state index contributed by atoms with van der Waals surface area (Å²) in [5, 5.41) is 8.46. The molecule has 0 aliphatic rings. The number of anilines is 4. The molecule has 2 aromatic carbocycles. The van der Waals surface area contributed by atoms with Crippen LogP contribution in [0.15, 0.2) is 60.8 Å². The van der Waals surface area contributed by atoms with Crippen LogP contribution in [0, 0.1) is 0 Å². The van der Waals surface area contributed by atoms with Gasteiger partial charge in [0.1, 0.15) is 11.4 Å². The van der Waals surface area contributed by atoms with E-state index in [0.29, 0.717) is 22.8 Å². The minimum atomic E-state index is -0.377. The number of aromatic nitrogens is 2. The van der Waals surface area contributed by atoms with E-state index in [1.165, 1.54) is 19.2 Å². The molecule has 0 bridgehead atoms. The molecule has 3 aromatic rings. The predicted octanol–water partition coefficient (Wildman–Crippen LogP) is 3.44. The minimum Gasteiger partial charge on any atom is -0.495 e. The number of methoxy groups -OCH3 is 1. The third kappa shape index (κ3) is 4.82. The molecule has 142 valence electrons. The van der Waals surface area contributed by atoms with Gasteiger partial charge in [-0.15, -0.1) is 0 Å². The van der Waals surface area contributed by atoms with Crippen LogP contribution in [0.25, 0.3) is 0 Å². The second-order valence-electron chi connectivity index (χ2n) is 5.80. The van der Waals surface area contributed by atoms with E-state index >= 15 is 0 Å². The van der Waals surface area contributed by atoms with Gasteiger partial charge in [0.05, 0.1) is 12.8 Å². The van der Waals surface area contributed by atoms with Gasteiger partial charge in [0.2, 0.25) is 11.9 Å². The maximum absolute atomic E-state index is 12.5. The molecular weight excluding hydrogens is 358 g/mol. The summed E-state index contributed by atoms with van der Waals surface area (Å²) in [5.74, 6) is 0.379. The van der Waals surface area contributed by atoms with Crippen molar-refractivity contribution in [2.45, 2.75) is 6.92 Å². The topological polar surface area (TPSA) is 105 Å². The lowest BCUT2D eigenvalue weighted by Crippen LogP contribution is -2.15. The second-order valence-corrected chi connectivity index (χ2v) is 5.80. The summed E-state index contributed by atoms with van der Waals surface area (Å²) in [4.78, 5) is 31.9. The summed E-state index contributed by atoms with van der Waals surface area (Å²) in [6.45, 7) is 1.43. The van der Waals surface area contributed by atoms with Crippen LogP contribution < -0.4 is 20.7 Å². The van der Waals surface area contributed by atoms with Gasteiger partial charge < -0.3 is 20.7 Å². The Morgan fingerprint density at radius 3 is 2.29 bits per heavy atom. The van der Waals surface area contributed by atoms with Crippen molar-refractivity contribution in [3.63, 3.8) is 0 Å². The normalized spacial score (nSPS) is 10.1. The van der Waals surface area contributed by atoms with Gasteiger partial charge >= 0.3 is 0 Å². The predicted molar refractivity (Wildman–Crippen MR) is 107 cm³/mol. The molecule has 8 heteroatoms. The molecule has 0 fully saturated rings. The summed E-state index contributed by atoms with van der Waals surface area (Å²) in [7, 11) is 1.57. The largest absolute Gasteiger partial charge is 0.495 e. The van der Waals surface area contributed by atoms with E-state index in [9.17, 15) is 9.59 Å². The fraction of sp³-hybridized carbons (Fsp3) is 0.100. The van der Waals surface area contributed by atoms with E-state index in [1.54, 1.807) is 31.4 Å². The van der Waals surface area contributed by atoms with Gasteiger partial charge in [-0.3, -0.25) is 9.59 Å². The fourth-order valence-electron chi connectivity index (χ4n) is 2.45. The van der Waals surface area contributed by atoms with Crippen LogP contribution in [-0.4, -0.2) is 28.9 Å². The van der Waals surface area contributed by atoms with Crippen molar-refractivity contribution in [2.75, 3.05) is 23.1 Å². The molecule has 0 aliphatic carbocycles. The molecule has 0 radical (unpaired) electrons. The number of nitrogens with zero attached hydrogens (tertiary/aromatic N) is 2. The Balaban J connectivity index is 1.71. The van der Waals surface area contributed by atoms with Gasteiger partial charge in [-0.25, -0.2) is 9.97 Å². The number of rotatable bonds is 6. The average molecular weight is 377 g/mol. The first-order chi connectivity index (χ1) is 13.5. The smallest absolute Gasteiger partial charge is 0.274 e. The average Bonchev–Trinajstić information content (AvgIpc) is 2.70. The van der Waals surface area contributed by atoms with E-state index in [4.69, 9.17) is 4.74 Å². The van der Waals surface area contributed by atoms with Crippen LogP contribution in [0.2, 0.25) is 0 Å². The number of carbonyl (C=O) groups is 2. The van der Waals surface area contributed by atoms with Crippen LogP contribution in [-0.2, 0) is 4.79 Å². The Morgan fingerprint density at radius 1 is 0.929 bits per heavy atom. The van der Waals surface area contributed by atoms with Crippen LogP contribution in [0.3, 0.4) is 0 Å². The summed E-state index contributed by atoms with van der Waals surface area (Å²) >= 11 is 0. The lowest BCUT2D eigenvalue weighted by Gasteiger charge is -2.10. The van der Waals surface area contributed by atoms with E-state index in [1.807, 2.05) is 24.3 Å². The van der Waals surface area contributed by atoms with Crippen molar-refractivity contribution in [3.8, 4) is 5.75 Å². The number of amides is 2. The third-order valence-electron chi connectivity index (χ3n) is 3.70. The van der Waals surface area contributed by atoms with Gasteiger partial charge in [0.15, 0.2) is 0 Å². The zero-order valence-corrected chi connectivity index (χ0v) is 15.4. The highest BCUT2D eigenvalue weighted by Crippen LogP contribution is 2.25. The van der Waals surface area contributed by atoms with Gasteiger partial charge in [0.25, 0.3) is 5.91 Å². The van der Waals surface area contributed by atoms with Crippen LogP contribution in [0.5, 0.6) is 5.75 Å². The molecular formula is C20H19N5O3. The summed E-state index contributed by atoms with van der Waals surface area (Å²) in [6.07, 6.45) is 1.50. The first-order valence-electron chi connectivity index (χ1n) is 8.47. The maximum atomic E-state index is 12.5. The monoisotopic (exact) mass is 377 g/mol. The highest BCUT2D eigenvalue weighted by molar-refractivity contribution is 6.03. The van der Waals surface area contributed by atoms with E-state index in [-0.39, 0.29) is 23.5 Å². The molecule has 0 saturated heterocycles. The standard InChI is InChI=1S/C20H19N5O3/c1-13(26)22-14-7-9-15(10-8-14)23-19(27)17-11-12-21-20(25-17)24-16-5-3-4-6-18(16)28-2/h3-12H,1-2H3,(H,22,26)(H,23,27)(H,21,24,25). The molecule has 1 aromatic heterocycles. The maximum Gasteiger partial charge on any atom is 0.274 e. The van der Waals surface area contributed by atoms with Gasteiger partial charge in [-0.05, 0) is 42.5 Å². The highest BCUT2D eigenvalue weighted by atomic mass is 16.5. The van der Waals surface area contributed by atoms with Crippen molar-refractivity contribution in [1.29, 1.82) is 0 Å². The molecule has 0 spiro atoms. The number of ether oxygens (including phenoxy) is 1. The number of nitrogens with one attached hydrogen (secondary N) is 3. The van der Waals surface area contributed by atoms with Crippen molar-refractivity contribution >= 4 is 34.8 Å². The molecule has 2 amide bonds. The Labute approximate surface area is 162 Å². The van der Waals surface area contributed by atoms with Crippen molar-refractivity contribution in [3.05, 3.63) is 66.5 Å². The zero-order valence-electron chi connectivity index (χ0n) is 15.4. The molecule has 0 aliphatic heterocycles. The SMILES string of the molecule is COc1ccccc1Nc1nccc(C(=O)Nc2ccc(NC(C)=O)cc2)n1. The zero-order chi connectivity index (χ0) is 19.9. The Hall–Kier alpha value is -3.94. The molecule has 8 nitrogen and oxygen atoms in total. The third-order valence-corrected chi connectivity index (χ3v) is 3.70. The quantitative estimate of drug-likeness (QED) is 0.608. The Kier molecular flexibility index (Phi) is 5.81. The molecule has 28 heavy (non-hydrogen) atoms. The van der Waals surface area contributed by atoms with Crippen molar-refractivity contribution < 1.29 is 14.3 Å². The van der Waals surface area contributed by atoms with E-state index in [2.05, 4.69) is 25.9 Å². The van der Waals surface area contributed by atoms with E-state index < -0.39 is 0 Å². The first-order valence-corrected chi connectivity index (χ1v) is 8.47. The summed E-state index contributed by atoms with van der Waals surface area (Å²) in [5.41, 5.74) is 2.13. The molecule has 0 saturated carbocycles. The summed E-state index contributed by atoms with van der Waals surface area (Å²) < 4.78 is 5.28. The van der Waals surface area contributed by atoms with E-state index in [0.717, 1.165) is 0 Å². The summed E-state index contributed by atoms with van der Waals surface area (Å²) in [6, 6.07) is 15.6. The lowest BCUT2D eigenvalue weighted by molar-refractivity contribution is -0.114. The van der Waals surface area contributed by atoms with Crippen molar-refractivity contribution in [2.24, 2.45) is 0 Å². The molecule has 3 N–H and O–H groups in total. The second kappa shape index (κ2) is 8.63. The van der Waals surface area contributed by atoms with Crippen LogP contribution in [0.4, 0.5) is 23.0 Å². The van der Waals surface area contributed by atoms with Gasteiger partial charge in [-0.2, -0.15) is 0 Å². The minimum absolute atomic E-state index is 0.159. The Morgan fingerprint density at radius 2 is 1.61 bits per heavy atom. The molecule has 0 unspecified atom stereocenters. The number of para-hydroxylation sites is 2. The Bertz CT molecular complexity index is 989. The van der Waals surface area contributed by atoms with Gasteiger partial charge in [-0.1, -0.05) is 12.1 Å². The molecule has 0 atom stereocenters. The number of benzene rings is 2. The molecule has 1 heterocycles. The van der Waals surface area contributed by atoms with Crippen molar-refractivity contribution in [1.82, 2.24) is 9.97 Å². The fourth-order valence-corrected chi connectivity index (χ4v) is 2.45. The number of hydrogen-bond acceptors (Lipinski definition) is 6. The van der Waals surface area contributed by atoms with Gasteiger partial charge in [0, 0.05) is 24.5 Å². The first kappa shape index (κ1) is 18.8. The highest BCUT2D eigenvalue weighted by Gasteiger charge is 2.11. The number of hydrogen-bond donors (Lipinski definition) is 3. The van der Waals surface area contributed by atoms with Crippen LogP contribution >= 0.6 is 0 Å².